The summed E-state index contributed by atoms with van der Waals surface area (Å²) in [6, 6.07) is 15.1. The Hall–Kier alpha value is -3.17. The van der Waals surface area contributed by atoms with Crippen LogP contribution in [0.1, 0.15) is 5.56 Å². The number of amides is 1. The number of aromatic nitrogens is 1. The van der Waals surface area contributed by atoms with Crippen molar-refractivity contribution >= 4 is 65.7 Å². The van der Waals surface area contributed by atoms with Gasteiger partial charge in [-0.15, -0.1) is 0 Å². The average Bonchev–Trinajstić information content (AvgIpc) is 2.83. The van der Waals surface area contributed by atoms with Gasteiger partial charge in [-0.2, -0.15) is 5.10 Å². The van der Waals surface area contributed by atoms with E-state index in [0.717, 1.165) is 26.2 Å². The molecule has 0 radical (unpaired) electrons. The van der Waals surface area contributed by atoms with Crippen LogP contribution in [0.3, 0.4) is 0 Å². The molecule has 0 saturated carbocycles. The molecule has 168 valence electrons. The Kier molecular flexibility index (Phi) is 7.10. The number of hydrazone groups is 1. The van der Waals surface area contributed by atoms with Gasteiger partial charge in [-0.05, 0) is 57.0 Å². The number of halogens is 2. The molecule has 0 spiro atoms. The standard InChI is InChI=1S/C24H19Br2N3O4/c1-31-15-7-5-14-6-8-21(32-2)18(17(14)10-15)12-28-29-22(30)13-33-24-20(26)11-19(25)16-4-3-9-27-23(16)24/h3-12H,13H2,1-2H3,(H,29,30)/b28-12+. The minimum Gasteiger partial charge on any atom is -0.497 e. The van der Waals surface area contributed by atoms with E-state index in [4.69, 9.17) is 14.2 Å². The van der Waals surface area contributed by atoms with Crippen LogP contribution in [0, 0.1) is 0 Å². The summed E-state index contributed by atoms with van der Waals surface area (Å²) in [5, 5.41) is 6.87. The fourth-order valence-electron chi connectivity index (χ4n) is 3.36. The fraction of sp³-hybridized carbons (Fsp3) is 0.125. The van der Waals surface area contributed by atoms with Crippen molar-refractivity contribution in [2.45, 2.75) is 0 Å². The van der Waals surface area contributed by atoms with Gasteiger partial charge in [-0.25, -0.2) is 5.43 Å². The van der Waals surface area contributed by atoms with Crippen molar-refractivity contribution in [3.63, 3.8) is 0 Å². The third-order valence-corrected chi connectivity index (χ3v) is 6.18. The van der Waals surface area contributed by atoms with Crippen LogP contribution in [-0.4, -0.2) is 37.9 Å². The lowest BCUT2D eigenvalue weighted by Crippen LogP contribution is -2.24. The lowest BCUT2D eigenvalue weighted by atomic mass is 10.0. The largest absolute Gasteiger partial charge is 0.497 e. The maximum absolute atomic E-state index is 12.4. The van der Waals surface area contributed by atoms with Gasteiger partial charge in [0, 0.05) is 21.6 Å². The van der Waals surface area contributed by atoms with E-state index >= 15 is 0 Å². The molecule has 0 bridgehead atoms. The van der Waals surface area contributed by atoms with Crippen LogP contribution in [0.5, 0.6) is 17.2 Å². The third kappa shape index (κ3) is 4.94. The van der Waals surface area contributed by atoms with Crippen molar-refractivity contribution in [2.24, 2.45) is 5.10 Å². The van der Waals surface area contributed by atoms with Gasteiger partial charge in [0.25, 0.3) is 5.91 Å². The van der Waals surface area contributed by atoms with Crippen LogP contribution in [0.25, 0.3) is 21.7 Å². The molecule has 1 aromatic heterocycles. The lowest BCUT2D eigenvalue weighted by Gasteiger charge is -2.11. The molecule has 7 nitrogen and oxygen atoms in total. The Morgan fingerprint density at radius 3 is 2.67 bits per heavy atom. The molecule has 9 heteroatoms. The van der Waals surface area contributed by atoms with Crippen LogP contribution < -0.4 is 19.6 Å². The first-order valence-corrected chi connectivity index (χ1v) is 11.4. The number of hydrogen-bond donors (Lipinski definition) is 1. The molecule has 1 amide bonds. The van der Waals surface area contributed by atoms with E-state index in [1.54, 1.807) is 26.6 Å². The van der Waals surface area contributed by atoms with Crippen molar-refractivity contribution in [3.05, 3.63) is 69.2 Å². The molecule has 4 aromatic rings. The zero-order chi connectivity index (χ0) is 23.4. The summed E-state index contributed by atoms with van der Waals surface area (Å²) >= 11 is 6.99. The highest BCUT2D eigenvalue weighted by Crippen LogP contribution is 2.37. The summed E-state index contributed by atoms with van der Waals surface area (Å²) in [4.78, 5) is 16.8. The number of carbonyl (C=O) groups is 1. The predicted molar refractivity (Wildman–Crippen MR) is 135 cm³/mol. The number of carbonyl (C=O) groups excluding carboxylic acids is 1. The molecule has 0 aliphatic carbocycles. The topological polar surface area (TPSA) is 82.0 Å². The number of pyridine rings is 1. The second-order valence-corrected chi connectivity index (χ2v) is 8.63. The Morgan fingerprint density at radius 1 is 1.06 bits per heavy atom. The van der Waals surface area contributed by atoms with Gasteiger partial charge in [0.05, 0.1) is 24.9 Å². The van der Waals surface area contributed by atoms with Gasteiger partial charge in [0.2, 0.25) is 0 Å². The van der Waals surface area contributed by atoms with E-state index in [2.05, 4.69) is 47.4 Å². The second-order valence-electron chi connectivity index (χ2n) is 6.92. The van der Waals surface area contributed by atoms with Crippen molar-refractivity contribution < 1.29 is 19.0 Å². The highest BCUT2D eigenvalue weighted by Gasteiger charge is 2.14. The Bertz CT molecular complexity index is 1370. The Morgan fingerprint density at radius 2 is 1.88 bits per heavy atom. The first-order chi connectivity index (χ1) is 16.0. The summed E-state index contributed by atoms with van der Waals surface area (Å²) in [6.45, 7) is -0.232. The Labute approximate surface area is 207 Å². The quantitative estimate of drug-likeness (QED) is 0.235. The molecule has 1 N–H and O–H groups in total. The molecule has 3 aromatic carbocycles. The van der Waals surface area contributed by atoms with Crippen molar-refractivity contribution in [1.29, 1.82) is 0 Å². The first-order valence-electron chi connectivity index (χ1n) is 9.84. The molecule has 0 atom stereocenters. The fourth-order valence-corrected chi connectivity index (χ4v) is 4.75. The highest BCUT2D eigenvalue weighted by molar-refractivity contribution is 9.11. The van der Waals surface area contributed by atoms with Crippen LogP contribution in [-0.2, 0) is 4.79 Å². The van der Waals surface area contributed by atoms with Gasteiger partial charge in [0.15, 0.2) is 12.4 Å². The maximum Gasteiger partial charge on any atom is 0.277 e. The lowest BCUT2D eigenvalue weighted by molar-refractivity contribution is -0.123. The molecule has 0 fully saturated rings. The first kappa shape index (κ1) is 23.0. The van der Waals surface area contributed by atoms with Gasteiger partial charge in [-0.1, -0.05) is 34.1 Å². The molecule has 4 rings (SSSR count). The number of methoxy groups -OCH3 is 2. The smallest absolute Gasteiger partial charge is 0.277 e. The number of fused-ring (bicyclic) bond motifs is 2. The number of nitrogens with one attached hydrogen (secondary N) is 1. The third-order valence-electron chi connectivity index (χ3n) is 4.93. The summed E-state index contributed by atoms with van der Waals surface area (Å²) in [6.07, 6.45) is 3.22. The molecular formula is C24H19Br2N3O4. The molecule has 0 aliphatic rings. The summed E-state index contributed by atoms with van der Waals surface area (Å²) < 4.78 is 18.1. The minimum atomic E-state index is -0.415. The number of benzene rings is 3. The van der Waals surface area contributed by atoms with Gasteiger partial charge < -0.3 is 14.2 Å². The van der Waals surface area contributed by atoms with Crippen LogP contribution in [0.15, 0.2) is 68.8 Å². The molecule has 0 saturated heterocycles. The van der Waals surface area contributed by atoms with Crippen LogP contribution in [0.4, 0.5) is 0 Å². The Balaban J connectivity index is 1.51. The molecular weight excluding hydrogens is 554 g/mol. The van der Waals surface area contributed by atoms with Crippen molar-refractivity contribution in [2.75, 3.05) is 20.8 Å². The molecule has 1 heterocycles. The van der Waals surface area contributed by atoms with Gasteiger partial charge in [0.1, 0.15) is 17.0 Å². The van der Waals surface area contributed by atoms with E-state index in [1.165, 1.54) is 0 Å². The summed E-state index contributed by atoms with van der Waals surface area (Å²) in [5.41, 5.74) is 3.86. The van der Waals surface area contributed by atoms with E-state index in [-0.39, 0.29) is 6.61 Å². The number of rotatable bonds is 7. The van der Waals surface area contributed by atoms with E-state index in [0.29, 0.717) is 27.2 Å². The SMILES string of the molecule is COc1ccc2ccc(OC)c(/C=N/NC(=O)COc3c(Br)cc(Br)c4cccnc34)c2c1. The van der Waals surface area contributed by atoms with E-state index in [9.17, 15) is 4.79 Å². The van der Waals surface area contributed by atoms with Crippen molar-refractivity contribution in [3.8, 4) is 17.2 Å². The molecule has 33 heavy (non-hydrogen) atoms. The van der Waals surface area contributed by atoms with Crippen LogP contribution >= 0.6 is 31.9 Å². The summed E-state index contributed by atoms with van der Waals surface area (Å²) in [7, 11) is 3.19. The second kappa shape index (κ2) is 10.2. The minimum absolute atomic E-state index is 0.232. The van der Waals surface area contributed by atoms with Gasteiger partial charge >= 0.3 is 0 Å². The van der Waals surface area contributed by atoms with Crippen LogP contribution in [0.2, 0.25) is 0 Å². The zero-order valence-electron chi connectivity index (χ0n) is 17.8. The number of ether oxygens (including phenoxy) is 3. The van der Waals surface area contributed by atoms with E-state index < -0.39 is 5.91 Å². The average molecular weight is 573 g/mol. The predicted octanol–water partition coefficient (Wildman–Crippen LogP) is 5.46. The normalized spacial score (nSPS) is 11.2. The molecule has 0 aliphatic heterocycles. The number of nitrogens with zero attached hydrogens (tertiary/aromatic N) is 2. The monoisotopic (exact) mass is 571 g/mol. The number of hydrogen-bond acceptors (Lipinski definition) is 6. The van der Waals surface area contributed by atoms with E-state index in [1.807, 2.05) is 48.5 Å². The maximum atomic E-state index is 12.4. The summed E-state index contributed by atoms with van der Waals surface area (Å²) in [5.74, 6) is 1.41. The highest BCUT2D eigenvalue weighted by atomic mass is 79.9. The zero-order valence-corrected chi connectivity index (χ0v) is 20.9. The molecule has 0 unspecified atom stereocenters. The van der Waals surface area contributed by atoms with Crippen molar-refractivity contribution in [1.82, 2.24) is 10.4 Å². The van der Waals surface area contributed by atoms with Gasteiger partial charge in [-0.3, -0.25) is 9.78 Å².